The van der Waals surface area contributed by atoms with Gasteiger partial charge in [-0.3, -0.25) is 9.59 Å². The average molecular weight is 374 g/mol. The van der Waals surface area contributed by atoms with Crippen molar-refractivity contribution in [2.75, 3.05) is 18.4 Å². The maximum Gasteiger partial charge on any atom is 0.387 e. The molecule has 7 heteroatoms. The summed E-state index contributed by atoms with van der Waals surface area (Å²) < 4.78 is 28.6. The molecule has 1 saturated heterocycles. The van der Waals surface area contributed by atoms with Crippen molar-refractivity contribution in [1.29, 1.82) is 0 Å². The zero-order valence-electron chi connectivity index (χ0n) is 14.7. The van der Waals surface area contributed by atoms with Gasteiger partial charge in [0.25, 0.3) is 5.91 Å². The lowest BCUT2D eigenvalue weighted by Gasteiger charge is -2.15. The van der Waals surface area contributed by atoms with Crippen LogP contribution in [0.4, 0.5) is 14.5 Å². The van der Waals surface area contributed by atoms with Crippen LogP contribution in [0.15, 0.2) is 48.5 Å². The molecule has 1 aliphatic heterocycles. The summed E-state index contributed by atoms with van der Waals surface area (Å²) in [4.78, 5) is 26.5. The molecule has 1 fully saturated rings. The lowest BCUT2D eigenvalue weighted by atomic mass is 10.1. The SMILES string of the molecule is O=C(Cc1ccc(OC(F)F)cc1)Nc1cccc(C(=O)N2CCCC2)c1. The summed E-state index contributed by atoms with van der Waals surface area (Å²) in [5.41, 5.74) is 1.75. The van der Waals surface area contributed by atoms with Crippen molar-refractivity contribution in [2.45, 2.75) is 25.9 Å². The van der Waals surface area contributed by atoms with Gasteiger partial charge in [-0.25, -0.2) is 0 Å². The number of ether oxygens (including phenoxy) is 1. The first kappa shape index (κ1) is 18.8. The van der Waals surface area contributed by atoms with E-state index in [1.54, 1.807) is 36.4 Å². The Labute approximate surface area is 155 Å². The first-order valence-corrected chi connectivity index (χ1v) is 8.74. The summed E-state index contributed by atoms with van der Waals surface area (Å²) in [6.45, 7) is -1.35. The minimum atomic E-state index is -2.88. The fourth-order valence-corrected chi connectivity index (χ4v) is 3.01. The van der Waals surface area contributed by atoms with Crippen molar-refractivity contribution in [3.05, 3.63) is 59.7 Å². The second-order valence-electron chi connectivity index (χ2n) is 6.33. The number of likely N-dealkylation sites (tertiary alicyclic amines) is 1. The zero-order valence-corrected chi connectivity index (χ0v) is 14.7. The largest absolute Gasteiger partial charge is 0.435 e. The van der Waals surface area contributed by atoms with Gasteiger partial charge in [0.2, 0.25) is 5.91 Å². The molecular formula is C20H20F2N2O3. The van der Waals surface area contributed by atoms with Gasteiger partial charge in [0.05, 0.1) is 6.42 Å². The number of amides is 2. The first-order chi connectivity index (χ1) is 13.0. The number of nitrogens with one attached hydrogen (secondary N) is 1. The summed E-state index contributed by atoms with van der Waals surface area (Å²) in [6.07, 6.45) is 2.12. The predicted octanol–water partition coefficient (Wildman–Crippen LogP) is 3.71. The molecule has 0 unspecified atom stereocenters. The van der Waals surface area contributed by atoms with Gasteiger partial charge >= 0.3 is 6.61 Å². The molecule has 0 bridgehead atoms. The van der Waals surface area contributed by atoms with E-state index in [2.05, 4.69) is 10.1 Å². The molecule has 142 valence electrons. The van der Waals surface area contributed by atoms with Crippen LogP contribution in [0, 0.1) is 0 Å². The van der Waals surface area contributed by atoms with Crippen molar-refractivity contribution < 1.29 is 23.1 Å². The lowest BCUT2D eigenvalue weighted by Crippen LogP contribution is -2.27. The van der Waals surface area contributed by atoms with Crippen LogP contribution in [-0.2, 0) is 11.2 Å². The zero-order chi connectivity index (χ0) is 19.2. The monoisotopic (exact) mass is 374 g/mol. The maximum atomic E-state index is 12.4. The summed E-state index contributed by atoms with van der Waals surface area (Å²) in [7, 11) is 0. The van der Waals surface area contributed by atoms with Gasteiger partial charge in [-0.15, -0.1) is 0 Å². The van der Waals surface area contributed by atoms with Crippen molar-refractivity contribution in [2.24, 2.45) is 0 Å². The Morgan fingerprint density at radius 1 is 1.07 bits per heavy atom. The van der Waals surface area contributed by atoms with E-state index in [4.69, 9.17) is 0 Å². The number of hydrogen-bond acceptors (Lipinski definition) is 3. The van der Waals surface area contributed by atoms with Crippen LogP contribution in [0.25, 0.3) is 0 Å². The first-order valence-electron chi connectivity index (χ1n) is 8.74. The number of carbonyl (C=O) groups excluding carboxylic acids is 2. The van der Waals surface area contributed by atoms with Crippen LogP contribution in [0.2, 0.25) is 0 Å². The Morgan fingerprint density at radius 2 is 1.78 bits per heavy atom. The third-order valence-electron chi connectivity index (χ3n) is 4.30. The maximum absolute atomic E-state index is 12.4. The molecule has 0 aromatic heterocycles. The molecule has 0 radical (unpaired) electrons. The molecule has 0 spiro atoms. The fraction of sp³-hybridized carbons (Fsp3) is 0.300. The molecule has 2 aromatic carbocycles. The number of hydrogen-bond donors (Lipinski definition) is 1. The number of anilines is 1. The normalized spacial score (nSPS) is 13.7. The molecule has 2 amide bonds. The lowest BCUT2D eigenvalue weighted by molar-refractivity contribution is -0.115. The van der Waals surface area contributed by atoms with Gasteiger partial charge in [0.1, 0.15) is 5.75 Å². The molecule has 0 aliphatic carbocycles. The standard InChI is InChI=1S/C20H20F2N2O3/c21-20(22)27-17-8-6-14(7-9-17)12-18(25)23-16-5-3-4-15(13-16)19(26)24-10-1-2-11-24/h3-9,13,20H,1-2,10-12H2,(H,23,25). The number of rotatable bonds is 6. The third kappa shape index (κ3) is 5.26. The molecule has 27 heavy (non-hydrogen) atoms. The van der Waals surface area contributed by atoms with Crippen LogP contribution in [0.5, 0.6) is 5.75 Å². The van der Waals surface area contributed by atoms with E-state index in [9.17, 15) is 18.4 Å². The molecule has 1 N–H and O–H groups in total. The van der Waals surface area contributed by atoms with E-state index in [-0.39, 0.29) is 24.0 Å². The van der Waals surface area contributed by atoms with Crippen LogP contribution >= 0.6 is 0 Å². The average Bonchev–Trinajstić information content (AvgIpc) is 3.17. The molecule has 2 aromatic rings. The molecule has 0 saturated carbocycles. The minimum absolute atomic E-state index is 0.0294. The second-order valence-corrected chi connectivity index (χ2v) is 6.33. The number of alkyl halides is 2. The predicted molar refractivity (Wildman–Crippen MR) is 97.0 cm³/mol. The van der Waals surface area contributed by atoms with Crippen molar-refractivity contribution in [3.63, 3.8) is 0 Å². The van der Waals surface area contributed by atoms with Gasteiger partial charge in [-0.1, -0.05) is 18.2 Å². The van der Waals surface area contributed by atoms with Crippen molar-refractivity contribution >= 4 is 17.5 Å². The molecule has 5 nitrogen and oxygen atoms in total. The number of halogens is 2. The van der Waals surface area contributed by atoms with Crippen LogP contribution in [-0.4, -0.2) is 36.4 Å². The summed E-state index contributed by atoms with van der Waals surface area (Å²) in [5, 5.41) is 2.76. The van der Waals surface area contributed by atoms with E-state index >= 15 is 0 Å². The highest BCUT2D eigenvalue weighted by atomic mass is 19.3. The molecular weight excluding hydrogens is 354 g/mol. The van der Waals surface area contributed by atoms with Gasteiger partial charge in [0, 0.05) is 24.3 Å². The molecule has 1 heterocycles. The Kier molecular flexibility index (Phi) is 6.01. The fourth-order valence-electron chi connectivity index (χ4n) is 3.01. The number of carbonyl (C=O) groups is 2. The van der Waals surface area contributed by atoms with Crippen LogP contribution in [0.3, 0.4) is 0 Å². The van der Waals surface area contributed by atoms with E-state index in [1.165, 1.54) is 12.1 Å². The molecule has 3 rings (SSSR count). The van der Waals surface area contributed by atoms with E-state index in [1.807, 2.05) is 4.90 Å². The van der Waals surface area contributed by atoms with Gasteiger partial charge in [-0.2, -0.15) is 8.78 Å². The Bertz CT molecular complexity index is 803. The smallest absolute Gasteiger partial charge is 0.387 e. The molecule has 0 atom stereocenters. The quantitative estimate of drug-likeness (QED) is 0.839. The summed E-state index contributed by atoms with van der Waals surface area (Å²) in [5.74, 6) is -0.246. The highest BCUT2D eigenvalue weighted by Crippen LogP contribution is 2.18. The topological polar surface area (TPSA) is 58.6 Å². The highest BCUT2D eigenvalue weighted by molar-refractivity contribution is 5.97. The molecule has 1 aliphatic rings. The van der Waals surface area contributed by atoms with Gasteiger partial charge < -0.3 is 15.0 Å². The Hall–Kier alpha value is -2.96. The van der Waals surface area contributed by atoms with Crippen molar-refractivity contribution in [3.8, 4) is 5.75 Å². The number of nitrogens with zero attached hydrogens (tertiary/aromatic N) is 1. The highest BCUT2D eigenvalue weighted by Gasteiger charge is 2.19. The van der Waals surface area contributed by atoms with Crippen LogP contribution in [0.1, 0.15) is 28.8 Å². The van der Waals surface area contributed by atoms with E-state index in [0.717, 1.165) is 25.9 Å². The minimum Gasteiger partial charge on any atom is -0.435 e. The summed E-state index contributed by atoms with van der Waals surface area (Å²) >= 11 is 0. The second kappa shape index (κ2) is 8.62. The van der Waals surface area contributed by atoms with E-state index in [0.29, 0.717) is 16.8 Å². The summed E-state index contributed by atoms with van der Waals surface area (Å²) in [6, 6.07) is 12.8. The van der Waals surface area contributed by atoms with Gasteiger partial charge in [-0.05, 0) is 48.7 Å². The van der Waals surface area contributed by atoms with Gasteiger partial charge in [0.15, 0.2) is 0 Å². The van der Waals surface area contributed by atoms with Crippen LogP contribution < -0.4 is 10.1 Å². The third-order valence-corrected chi connectivity index (χ3v) is 4.30. The number of benzene rings is 2. The van der Waals surface area contributed by atoms with E-state index < -0.39 is 6.61 Å². The Morgan fingerprint density at radius 3 is 2.44 bits per heavy atom. The Balaban J connectivity index is 1.59. The van der Waals surface area contributed by atoms with Crippen molar-refractivity contribution in [1.82, 2.24) is 4.90 Å².